The molecule has 3 aromatic rings. The first-order chi connectivity index (χ1) is 21.9. The minimum atomic E-state index is -4.67. The summed E-state index contributed by atoms with van der Waals surface area (Å²) in [5.74, 6) is -3.02. The highest BCUT2D eigenvalue weighted by molar-refractivity contribution is 7.86. The van der Waals surface area contributed by atoms with E-state index in [0.717, 1.165) is 25.3 Å². The van der Waals surface area contributed by atoms with Crippen molar-refractivity contribution in [3.8, 4) is 5.75 Å². The Morgan fingerprint density at radius 1 is 1.04 bits per heavy atom. The van der Waals surface area contributed by atoms with E-state index in [1.54, 1.807) is 24.3 Å². The van der Waals surface area contributed by atoms with Crippen molar-refractivity contribution >= 4 is 39.7 Å². The van der Waals surface area contributed by atoms with Crippen LogP contribution in [-0.2, 0) is 30.9 Å². The van der Waals surface area contributed by atoms with Crippen molar-refractivity contribution in [1.82, 2.24) is 14.5 Å². The third kappa shape index (κ3) is 8.69. The molecule has 0 radical (unpaired) electrons. The Morgan fingerprint density at radius 3 is 2.41 bits per heavy atom. The maximum Gasteiger partial charge on any atom is 0.326 e. The van der Waals surface area contributed by atoms with E-state index in [1.165, 1.54) is 40.2 Å². The van der Waals surface area contributed by atoms with Gasteiger partial charge in [-0.3, -0.25) is 18.9 Å². The van der Waals surface area contributed by atoms with Gasteiger partial charge in [0.15, 0.2) is 5.82 Å². The van der Waals surface area contributed by atoms with Gasteiger partial charge in [-0.1, -0.05) is 56.9 Å². The summed E-state index contributed by atoms with van der Waals surface area (Å²) >= 11 is 0. The fourth-order valence-electron chi connectivity index (χ4n) is 5.40. The maximum atomic E-state index is 14.0. The SMILES string of the molecule is CCCCCC[C@H](C(=O)N1C[C@@H](Oc2ccc(CC(=O)O)cc2)C[C@H]1C(=O)O)n1cnc(NC(=O)c2ccccc2S(=O)(=O)O)c1. The second-order valence-corrected chi connectivity index (χ2v) is 12.4. The van der Waals surface area contributed by atoms with E-state index in [1.807, 2.05) is 0 Å². The third-order valence-corrected chi connectivity index (χ3v) is 8.55. The number of hydrogen-bond donors (Lipinski definition) is 4. The van der Waals surface area contributed by atoms with E-state index >= 15 is 0 Å². The predicted octanol–water partition coefficient (Wildman–Crippen LogP) is 3.65. The largest absolute Gasteiger partial charge is 0.488 e. The van der Waals surface area contributed by atoms with Gasteiger partial charge in [0.1, 0.15) is 28.8 Å². The van der Waals surface area contributed by atoms with Gasteiger partial charge in [0.25, 0.3) is 16.0 Å². The minimum Gasteiger partial charge on any atom is -0.488 e. The molecule has 2 amide bonds. The number of amides is 2. The van der Waals surface area contributed by atoms with Gasteiger partial charge in [0.05, 0.1) is 24.9 Å². The van der Waals surface area contributed by atoms with E-state index in [2.05, 4.69) is 17.2 Å². The number of nitrogens with one attached hydrogen (secondary N) is 1. The van der Waals surface area contributed by atoms with Crippen molar-refractivity contribution in [1.29, 1.82) is 0 Å². The fourth-order valence-corrected chi connectivity index (χ4v) is 6.09. The van der Waals surface area contributed by atoms with E-state index in [0.29, 0.717) is 24.2 Å². The molecule has 1 saturated heterocycles. The highest BCUT2D eigenvalue weighted by atomic mass is 32.2. The molecule has 0 bridgehead atoms. The number of carboxylic acids is 2. The van der Waals surface area contributed by atoms with Gasteiger partial charge < -0.3 is 29.7 Å². The maximum absolute atomic E-state index is 14.0. The number of carbonyl (C=O) groups excluding carboxylic acids is 2. The zero-order valence-electron chi connectivity index (χ0n) is 25.1. The van der Waals surface area contributed by atoms with Crippen LogP contribution in [0.1, 0.15) is 67.4 Å². The number of carboxylic acid groups (broad SMARTS) is 2. The zero-order chi connectivity index (χ0) is 33.4. The number of likely N-dealkylation sites (tertiary alicyclic amines) is 1. The Bertz CT molecular complexity index is 1670. The number of anilines is 1. The first-order valence-electron chi connectivity index (χ1n) is 14.8. The lowest BCUT2D eigenvalue weighted by molar-refractivity contribution is -0.149. The van der Waals surface area contributed by atoms with Gasteiger partial charge in [-0.25, -0.2) is 9.78 Å². The molecule has 0 spiro atoms. The molecule has 246 valence electrons. The number of nitrogens with zero attached hydrogens (tertiary/aromatic N) is 3. The number of aliphatic carboxylic acids is 2. The van der Waals surface area contributed by atoms with Crippen molar-refractivity contribution in [3.63, 3.8) is 0 Å². The molecule has 3 atom stereocenters. The summed E-state index contributed by atoms with van der Waals surface area (Å²) < 4.78 is 40.5. The van der Waals surface area contributed by atoms with Crippen LogP contribution < -0.4 is 10.1 Å². The molecule has 0 saturated carbocycles. The number of unbranched alkanes of at least 4 members (excludes halogenated alkanes) is 3. The molecule has 15 heteroatoms. The molecule has 2 heterocycles. The van der Waals surface area contributed by atoms with Crippen LogP contribution in [-0.4, -0.2) is 80.1 Å². The van der Waals surface area contributed by atoms with Crippen LogP contribution in [0.3, 0.4) is 0 Å². The molecule has 4 N–H and O–H groups in total. The van der Waals surface area contributed by atoms with Crippen LogP contribution in [0.5, 0.6) is 5.75 Å². The Balaban J connectivity index is 1.53. The van der Waals surface area contributed by atoms with Gasteiger partial charge in [0.2, 0.25) is 5.91 Å². The van der Waals surface area contributed by atoms with Crippen LogP contribution in [0.25, 0.3) is 0 Å². The topological polar surface area (TPSA) is 205 Å². The summed E-state index contributed by atoms with van der Waals surface area (Å²) in [6.07, 6.45) is 5.81. The lowest BCUT2D eigenvalue weighted by Crippen LogP contribution is -2.44. The van der Waals surface area contributed by atoms with Crippen LogP contribution in [0, 0.1) is 0 Å². The van der Waals surface area contributed by atoms with E-state index in [-0.39, 0.29) is 30.8 Å². The lowest BCUT2D eigenvalue weighted by atomic mass is 10.1. The molecular weight excluding hydrogens is 620 g/mol. The van der Waals surface area contributed by atoms with E-state index in [9.17, 15) is 37.3 Å². The van der Waals surface area contributed by atoms with Crippen molar-refractivity contribution < 1.29 is 47.1 Å². The predicted molar refractivity (Wildman–Crippen MR) is 164 cm³/mol. The van der Waals surface area contributed by atoms with Gasteiger partial charge in [-0.15, -0.1) is 0 Å². The third-order valence-electron chi connectivity index (χ3n) is 7.64. The molecule has 14 nitrogen and oxygen atoms in total. The number of benzene rings is 2. The highest BCUT2D eigenvalue weighted by Crippen LogP contribution is 2.29. The Kier molecular flexibility index (Phi) is 11.1. The standard InChI is InChI=1S/C31H36N4O10S/c1-2-3-4-5-9-24(34-18-27(32-19-34)33-29(38)23-8-6-7-10-26(23)46(42,43)44)30(39)35-17-22(16-25(35)31(40)41)45-21-13-11-20(12-14-21)15-28(36)37/h6-8,10-14,18-19,22,24-25H,2-5,9,15-17H2,1H3,(H,33,38)(H,36,37)(H,40,41)(H,42,43,44)/t22-,24+,25-/m0/s1. The molecule has 1 aliphatic heterocycles. The van der Waals surface area contributed by atoms with Gasteiger partial charge >= 0.3 is 11.9 Å². The Morgan fingerprint density at radius 2 is 1.76 bits per heavy atom. The summed E-state index contributed by atoms with van der Waals surface area (Å²) in [6, 6.07) is 9.55. The number of ether oxygens (including phenoxy) is 1. The molecule has 1 aliphatic rings. The van der Waals surface area contributed by atoms with E-state index < -0.39 is 57.0 Å². The number of hydrogen-bond acceptors (Lipinski definition) is 8. The summed E-state index contributed by atoms with van der Waals surface area (Å²) in [7, 11) is -4.67. The number of rotatable bonds is 15. The molecule has 46 heavy (non-hydrogen) atoms. The van der Waals surface area contributed by atoms with Crippen LogP contribution in [0.4, 0.5) is 5.82 Å². The number of imidazole rings is 1. The average molecular weight is 657 g/mol. The second kappa shape index (κ2) is 15.0. The van der Waals surface area contributed by atoms with Crippen molar-refractivity contribution in [2.24, 2.45) is 0 Å². The van der Waals surface area contributed by atoms with Crippen molar-refractivity contribution in [2.75, 3.05) is 11.9 Å². The van der Waals surface area contributed by atoms with Gasteiger partial charge in [0, 0.05) is 12.6 Å². The molecule has 0 aliphatic carbocycles. The van der Waals surface area contributed by atoms with Crippen molar-refractivity contribution in [3.05, 3.63) is 72.2 Å². The molecule has 1 fully saturated rings. The van der Waals surface area contributed by atoms with E-state index in [4.69, 9.17) is 9.84 Å². The first-order valence-corrected chi connectivity index (χ1v) is 16.2. The van der Waals surface area contributed by atoms with Gasteiger partial charge in [-0.05, 0) is 36.2 Å². The summed E-state index contributed by atoms with van der Waals surface area (Å²) in [5.41, 5.74) is 0.284. The highest BCUT2D eigenvalue weighted by Gasteiger charge is 2.43. The fraction of sp³-hybridized carbons (Fsp3) is 0.387. The van der Waals surface area contributed by atoms with Crippen LogP contribution in [0.2, 0.25) is 0 Å². The number of aromatic nitrogens is 2. The molecular formula is C31H36N4O10S. The molecule has 2 aromatic carbocycles. The average Bonchev–Trinajstić information content (AvgIpc) is 3.64. The first kappa shape index (κ1) is 34.1. The normalized spacial score (nSPS) is 17.0. The summed E-state index contributed by atoms with van der Waals surface area (Å²) in [6.45, 7) is 2.05. The summed E-state index contributed by atoms with van der Waals surface area (Å²) in [5, 5.41) is 21.5. The minimum absolute atomic E-state index is 0.00282. The second-order valence-electron chi connectivity index (χ2n) is 11.0. The summed E-state index contributed by atoms with van der Waals surface area (Å²) in [4.78, 5) is 55.0. The van der Waals surface area contributed by atoms with Crippen LogP contribution >= 0.6 is 0 Å². The zero-order valence-corrected chi connectivity index (χ0v) is 25.9. The van der Waals surface area contributed by atoms with Crippen molar-refractivity contribution in [2.45, 2.75) is 75.0 Å². The lowest BCUT2D eigenvalue weighted by Gasteiger charge is -2.27. The monoisotopic (exact) mass is 656 g/mol. The molecule has 4 rings (SSSR count). The molecule has 1 aromatic heterocycles. The van der Waals surface area contributed by atoms with Crippen LogP contribution in [0.15, 0.2) is 66.0 Å². The number of carbonyl (C=O) groups is 4. The Hall–Kier alpha value is -4.76. The smallest absolute Gasteiger partial charge is 0.326 e. The quantitative estimate of drug-likeness (QED) is 0.137. The van der Waals surface area contributed by atoms with Gasteiger partial charge in [-0.2, -0.15) is 8.42 Å². The molecule has 0 unspecified atom stereocenters. The Labute approximate surface area is 265 Å².